The molecule has 0 radical (unpaired) electrons. The van der Waals surface area contributed by atoms with Crippen molar-refractivity contribution in [3.8, 4) is 0 Å². The summed E-state index contributed by atoms with van der Waals surface area (Å²) < 4.78 is 0. The molecule has 0 saturated carbocycles. The second kappa shape index (κ2) is 7.38. The maximum absolute atomic E-state index is 3.52. The molecule has 100 valence electrons. The highest BCUT2D eigenvalue weighted by atomic mass is 14.9. The van der Waals surface area contributed by atoms with Crippen LogP contribution in [-0.4, -0.2) is 13.1 Å². The van der Waals surface area contributed by atoms with Crippen LogP contribution in [0, 0.1) is 19.8 Å². The van der Waals surface area contributed by atoms with Gasteiger partial charge in [0.25, 0.3) is 0 Å². The van der Waals surface area contributed by atoms with Crippen LogP contribution in [0.1, 0.15) is 43.9 Å². The Morgan fingerprint density at radius 1 is 1.28 bits per heavy atom. The van der Waals surface area contributed by atoms with Gasteiger partial charge in [-0.15, -0.1) is 0 Å². The van der Waals surface area contributed by atoms with Crippen LogP contribution in [0.2, 0.25) is 0 Å². The molecule has 0 aliphatic heterocycles. The molecular weight excluding hydrogens is 218 g/mol. The highest BCUT2D eigenvalue weighted by Gasteiger charge is 2.00. The molecule has 0 saturated heterocycles. The number of hydrogen-bond acceptors (Lipinski definition) is 1. The lowest BCUT2D eigenvalue weighted by atomic mass is 10.0. The van der Waals surface area contributed by atoms with Gasteiger partial charge in [0.05, 0.1) is 0 Å². The minimum Gasteiger partial charge on any atom is -0.313 e. The van der Waals surface area contributed by atoms with E-state index in [2.05, 4.69) is 64.2 Å². The minimum absolute atomic E-state index is 0.712. The molecule has 1 N–H and O–H groups in total. The van der Waals surface area contributed by atoms with Crippen molar-refractivity contribution in [2.45, 2.75) is 41.0 Å². The summed E-state index contributed by atoms with van der Waals surface area (Å²) in [6.07, 6.45) is 3.44. The summed E-state index contributed by atoms with van der Waals surface area (Å²) in [5, 5.41) is 3.52. The van der Waals surface area contributed by atoms with Crippen LogP contribution in [0.4, 0.5) is 0 Å². The van der Waals surface area contributed by atoms with Crippen LogP contribution in [0.3, 0.4) is 0 Å². The van der Waals surface area contributed by atoms with Gasteiger partial charge in [-0.1, -0.05) is 56.2 Å². The third-order valence-electron chi connectivity index (χ3n) is 3.14. The molecule has 0 spiro atoms. The molecule has 0 fully saturated rings. The van der Waals surface area contributed by atoms with Crippen molar-refractivity contribution in [3.63, 3.8) is 0 Å². The summed E-state index contributed by atoms with van der Waals surface area (Å²) in [6.45, 7) is 13.1. The molecule has 18 heavy (non-hydrogen) atoms. The standard InChI is InChI=1S/C17H27N/c1-6-16(12-18-11-13(2)3)10-17-8-7-14(4)9-15(17)5/h7-10,13,18H,6,11-12H2,1-5H3. The lowest BCUT2D eigenvalue weighted by molar-refractivity contribution is 0.569. The molecule has 1 heteroatoms. The summed E-state index contributed by atoms with van der Waals surface area (Å²) in [4.78, 5) is 0. The Balaban J connectivity index is 2.71. The molecular formula is C17H27N. The number of aryl methyl sites for hydroxylation is 2. The fourth-order valence-corrected chi connectivity index (χ4v) is 2.01. The maximum Gasteiger partial charge on any atom is 0.0167 e. The molecule has 1 rings (SSSR count). The molecule has 1 nitrogen and oxygen atoms in total. The Kier molecular flexibility index (Phi) is 6.14. The van der Waals surface area contributed by atoms with Crippen molar-refractivity contribution in [3.05, 3.63) is 40.5 Å². The van der Waals surface area contributed by atoms with Gasteiger partial charge < -0.3 is 5.32 Å². The van der Waals surface area contributed by atoms with Crippen molar-refractivity contribution in [1.82, 2.24) is 5.32 Å². The average Bonchev–Trinajstić information content (AvgIpc) is 2.30. The monoisotopic (exact) mass is 245 g/mol. The molecule has 1 aromatic rings. The van der Waals surface area contributed by atoms with Gasteiger partial charge >= 0.3 is 0 Å². The maximum atomic E-state index is 3.52. The van der Waals surface area contributed by atoms with Gasteiger partial charge in [0.15, 0.2) is 0 Å². The number of nitrogens with one attached hydrogen (secondary N) is 1. The third-order valence-corrected chi connectivity index (χ3v) is 3.14. The Morgan fingerprint density at radius 2 is 2.00 bits per heavy atom. The lowest BCUT2D eigenvalue weighted by Gasteiger charge is -2.10. The zero-order chi connectivity index (χ0) is 13.5. The zero-order valence-electron chi connectivity index (χ0n) is 12.5. The van der Waals surface area contributed by atoms with Crippen LogP contribution in [0.5, 0.6) is 0 Å². The summed E-state index contributed by atoms with van der Waals surface area (Å²) in [5.41, 5.74) is 5.52. The molecule has 0 aliphatic rings. The normalized spacial score (nSPS) is 12.2. The number of hydrogen-bond donors (Lipinski definition) is 1. The van der Waals surface area contributed by atoms with Crippen LogP contribution in [0.15, 0.2) is 23.8 Å². The Labute approximate surface area is 112 Å². The molecule has 0 amide bonds. The predicted octanol–water partition coefficient (Wildman–Crippen LogP) is 4.34. The Hall–Kier alpha value is -1.08. The third kappa shape index (κ3) is 5.05. The van der Waals surface area contributed by atoms with Gasteiger partial charge in [0.1, 0.15) is 0 Å². The molecule has 0 unspecified atom stereocenters. The Bertz CT molecular complexity index is 402. The summed E-state index contributed by atoms with van der Waals surface area (Å²) in [7, 11) is 0. The van der Waals surface area contributed by atoms with Crippen LogP contribution in [-0.2, 0) is 0 Å². The Morgan fingerprint density at radius 3 is 2.56 bits per heavy atom. The van der Waals surface area contributed by atoms with E-state index < -0.39 is 0 Å². The molecule has 0 heterocycles. The van der Waals surface area contributed by atoms with Crippen molar-refractivity contribution in [2.75, 3.05) is 13.1 Å². The number of rotatable bonds is 6. The van der Waals surface area contributed by atoms with E-state index in [-0.39, 0.29) is 0 Å². The number of benzene rings is 1. The zero-order valence-corrected chi connectivity index (χ0v) is 12.5. The van der Waals surface area contributed by atoms with Crippen LogP contribution in [0.25, 0.3) is 6.08 Å². The first-order valence-electron chi connectivity index (χ1n) is 7.00. The molecule has 0 atom stereocenters. The highest BCUT2D eigenvalue weighted by molar-refractivity contribution is 5.57. The quantitative estimate of drug-likeness (QED) is 0.786. The van der Waals surface area contributed by atoms with Gasteiger partial charge in [0, 0.05) is 6.54 Å². The molecule has 0 bridgehead atoms. The fraction of sp³-hybridized carbons (Fsp3) is 0.529. The smallest absolute Gasteiger partial charge is 0.0167 e. The van der Waals surface area contributed by atoms with E-state index in [1.807, 2.05) is 0 Å². The van der Waals surface area contributed by atoms with E-state index in [0.717, 1.165) is 19.5 Å². The largest absolute Gasteiger partial charge is 0.313 e. The first kappa shape index (κ1) is 15.0. The van der Waals surface area contributed by atoms with Gasteiger partial charge in [-0.3, -0.25) is 0 Å². The summed E-state index contributed by atoms with van der Waals surface area (Å²) in [5.74, 6) is 0.712. The van der Waals surface area contributed by atoms with E-state index in [1.54, 1.807) is 0 Å². The topological polar surface area (TPSA) is 12.0 Å². The van der Waals surface area contributed by atoms with E-state index in [1.165, 1.54) is 22.3 Å². The minimum atomic E-state index is 0.712. The van der Waals surface area contributed by atoms with Gasteiger partial charge in [0.2, 0.25) is 0 Å². The van der Waals surface area contributed by atoms with Crippen LogP contribution < -0.4 is 5.32 Å². The van der Waals surface area contributed by atoms with E-state index >= 15 is 0 Å². The summed E-state index contributed by atoms with van der Waals surface area (Å²) >= 11 is 0. The second-order valence-corrected chi connectivity index (χ2v) is 5.54. The van der Waals surface area contributed by atoms with Crippen molar-refractivity contribution in [2.24, 2.45) is 5.92 Å². The predicted molar refractivity (Wildman–Crippen MR) is 81.9 cm³/mol. The lowest BCUT2D eigenvalue weighted by Crippen LogP contribution is -2.21. The molecule has 0 aromatic heterocycles. The first-order chi connectivity index (χ1) is 8.52. The van der Waals surface area contributed by atoms with Gasteiger partial charge in [-0.05, 0) is 43.9 Å². The van der Waals surface area contributed by atoms with Gasteiger partial charge in [-0.25, -0.2) is 0 Å². The van der Waals surface area contributed by atoms with Crippen molar-refractivity contribution >= 4 is 6.08 Å². The highest BCUT2D eigenvalue weighted by Crippen LogP contribution is 2.15. The average molecular weight is 245 g/mol. The van der Waals surface area contributed by atoms with Crippen molar-refractivity contribution < 1.29 is 0 Å². The first-order valence-corrected chi connectivity index (χ1v) is 7.00. The van der Waals surface area contributed by atoms with E-state index in [0.29, 0.717) is 5.92 Å². The van der Waals surface area contributed by atoms with Crippen LogP contribution >= 0.6 is 0 Å². The SMILES string of the molecule is CCC(=Cc1ccc(C)cc1C)CNCC(C)C. The fourth-order valence-electron chi connectivity index (χ4n) is 2.01. The van der Waals surface area contributed by atoms with E-state index in [4.69, 9.17) is 0 Å². The molecule has 0 aliphatic carbocycles. The van der Waals surface area contributed by atoms with Gasteiger partial charge in [-0.2, -0.15) is 0 Å². The van der Waals surface area contributed by atoms with Crippen molar-refractivity contribution in [1.29, 1.82) is 0 Å². The summed E-state index contributed by atoms with van der Waals surface area (Å²) in [6, 6.07) is 6.66. The van der Waals surface area contributed by atoms with E-state index in [9.17, 15) is 0 Å². The second-order valence-electron chi connectivity index (χ2n) is 5.54. The molecule has 1 aromatic carbocycles.